The molecule has 1 aliphatic rings. The molecule has 1 saturated heterocycles. The van der Waals surface area contributed by atoms with Gasteiger partial charge < -0.3 is 20.5 Å². The second kappa shape index (κ2) is 5.73. The van der Waals surface area contributed by atoms with Gasteiger partial charge in [-0.2, -0.15) is 0 Å². The lowest BCUT2D eigenvalue weighted by Gasteiger charge is -2.22. The minimum atomic E-state index is -0.166. The summed E-state index contributed by atoms with van der Waals surface area (Å²) in [5, 5.41) is 15.6. The molecular formula is C13H18N2O3. The van der Waals surface area contributed by atoms with Crippen molar-refractivity contribution in [3.05, 3.63) is 18.2 Å². The lowest BCUT2D eigenvalue weighted by Crippen LogP contribution is -2.43. The topological polar surface area (TPSA) is 70.6 Å². The van der Waals surface area contributed by atoms with E-state index in [0.717, 1.165) is 25.8 Å². The van der Waals surface area contributed by atoms with Crippen LogP contribution in [0.1, 0.15) is 19.3 Å². The van der Waals surface area contributed by atoms with Gasteiger partial charge in [-0.3, -0.25) is 4.79 Å². The molecule has 1 aliphatic heterocycles. The Bertz CT molecular complexity index is 428. The molecule has 0 aromatic heterocycles. The molecule has 1 heterocycles. The van der Waals surface area contributed by atoms with Crippen LogP contribution in [0.2, 0.25) is 0 Å². The average molecular weight is 250 g/mol. The Morgan fingerprint density at radius 3 is 2.94 bits per heavy atom. The van der Waals surface area contributed by atoms with E-state index in [2.05, 4.69) is 10.6 Å². The Hall–Kier alpha value is -1.75. The highest BCUT2D eigenvalue weighted by Crippen LogP contribution is 2.28. The molecule has 0 spiro atoms. The zero-order chi connectivity index (χ0) is 13.0. The van der Waals surface area contributed by atoms with E-state index in [1.54, 1.807) is 12.1 Å². The number of phenolic OH excluding ortho intramolecular Hbond substituents is 1. The van der Waals surface area contributed by atoms with E-state index in [-0.39, 0.29) is 17.7 Å². The smallest absolute Gasteiger partial charge is 0.241 e. The van der Waals surface area contributed by atoms with Crippen molar-refractivity contribution in [1.29, 1.82) is 0 Å². The number of ether oxygens (including phenoxy) is 1. The van der Waals surface area contributed by atoms with Gasteiger partial charge in [0.05, 0.1) is 18.8 Å². The van der Waals surface area contributed by atoms with Crippen LogP contribution in [-0.4, -0.2) is 30.7 Å². The molecule has 1 aromatic rings. The third kappa shape index (κ3) is 2.92. The number of rotatable bonds is 3. The van der Waals surface area contributed by atoms with Crippen LogP contribution >= 0.6 is 0 Å². The number of carbonyl (C=O) groups is 1. The summed E-state index contributed by atoms with van der Waals surface area (Å²) in [6.45, 7) is 0.868. The number of anilines is 1. The first-order valence-corrected chi connectivity index (χ1v) is 6.12. The van der Waals surface area contributed by atoms with E-state index in [4.69, 9.17) is 4.74 Å². The highest BCUT2D eigenvalue weighted by atomic mass is 16.5. The number of benzene rings is 1. The van der Waals surface area contributed by atoms with Crippen LogP contribution < -0.4 is 15.4 Å². The van der Waals surface area contributed by atoms with Crippen molar-refractivity contribution in [2.75, 3.05) is 19.0 Å². The van der Waals surface area contributed by atoms with Crippen LogP contribution in [0.15, 0.2) is 18.2 Å². The van der Waals surface area contributed by atoms with Gasteiger partial charge in [-0.25, -0.2) is 0 Å². The van der Waals surface area contributed by atoms with Crippen molar-refractivity contribution in [2.45, 2.75) is 25.3 Å². The van der Waals surface area contributed by atoms with E-state index in [1.165, 1.54) is 13.2 Å². The van der Waals surface area contributed by atoms with Crippen LogP contribution in [0, 0.1) is 0 Å². The SMILES string of the molecule is COc1ccc(NC(=O)[C@@H]2CCCCN2)c(O)c1. The van der Waals surface area contributed by atoms with Crippen LogP contribution in [-0.2, 0) is 4.79 Å². The van der Waals surface area contributed by atoms with Gasteiger partial charge in [-0.15, -0.1) is 0 Å². The fourth-order valence-corrected chi connectivity index (χ4v) is 2.04. The van der Waals surface area contributed by atoms with Gasteiger partial charge in [-0.05, 0) is 31.5 Å². The van der Waals surface area contributed by atoms with Gasteiger partial charge in [0.1, 0.15) is 11.5 Å². The van der Waals surface area contributed by atoms with Crippen LogP contribution in [0.4, 0.5) is 5.69 Å². The molecule has 1 atom stereocenters. The highest BCUT2D eigenvalue weighted by molar-refractivity contribution is 5.96. The average Bonchev–Trinajstić information content (AvgIpc) is 2.42. The summed E-state index contributed by atoms with van der Waals surface area (Å²) < 4.78 is 4.99. The van der Waals surface area contributed by atoms with Gasteiger partial charge in [0, 0.05) is 6.07 Å². The van der Waals surface area contributed by atoms with Crippen molar-refractivity contribution < 1.29 is 14.6 Å². The second-order valence-corrected chi connectivity index (χ2v) is 4.37. The molecule has 5 nitrogen and oxygen atoms in total. The van der Waals surface area contributed by atoms with E-state index in [0.29, 0.717) is 11.4 Å². The predicted molar refractivity (Wildman–Crippen MR) is 68.9 cm³/mol. The van der Waals surface area contributed by atoms with Crippen molar-refractivity contribution >= 4 is 11.6 Å². The number of hydrogen-bond acceptors (Lipinski definition) is 4. The minimum absolute atomic E-state index is 0.0125. The van der Waals surface area contributed by atoms with Gasteiger partial charge in [0.15, 0.2) is 0 Å². The molecule has 1 fully saturated rings. The molecule has 0 aliphatic carbocycles. The number of methoxy groups -OCH3 is 1. The molecule has 0 radical (unpaired) electrons. The van der Waals surface area contributed by atoms with E-state index < -0.39 is 0 Å². The maximum absolute atomic E-state index is 12.0. The molecule has 1 aromatic carbocycles. The van der Waals surface area contributed by atoms with Crippen LogP contribution in [0.25, 0.3) is 0 Å². The van der Waals surface area contributed by atoms with Gasteiger partial charge in [-0.1, -0.05) is 6.42 Å². The normalized spacial score (nSPS) is 19.3. The minimum Gasteiger partial charge on any atom is -0.506 e. The fraction of sp³-hybridized carbons (Fsp3) is 0.462. The van der Waals surface area contributed by atoms with E-state index >= 15 is 0 Å². The zero-order valence-corrected chi connectivity index (χ0v) is 10.4. The lowest BCUT2D eigenvalue weighted by atomic mass is 10.0. The standard InChI is InChI=1S/C13H18N2O3/c1-18-9-5-6-10(12(16)8-9)15-13(17)11-4-2-3-7-14-11/h5-6,8,11,14,16H,2-4,7H2,1H3,(H,15,17)/t11-/m0/s1. The van der Waals surface area contributed by atoms with Crippen molar-refractivity contribution in [3.8, 4) is 11.5 Å². The van der Waals surface area contributed by atoms with Gasteiger partial charge in [0.25, 0.3) is 0 Å². The Balaban J connectivity index is 2.02. The first-order valence-electron chi connectivity index (χ1n) is 6.12. The number of amides is 1. The molecule has 0 bridgehead atoms. The van der Waals surface area contributed by atoms with Gasteiger partial charge in [0.2, 0.25) is 5.91 Å². The molecule has 0 unspecified atom stereocenters. The first-order chi connectivity index (χ1) is 8.70. The summed E-state index contributed by atoms with van der Waals surface area (Å²) in [4.78, 5) is 12.0. The number of hydrogen-bond donors (Lipinski definition) is 3. The largest absolute Gasteiger partial charge is 0.506 e. The van der Waals surface area contributed by atoms with E-state index in [9.17, 15) is 9.90 Å². The summed E-state index contributed by atoms with van der Waals surface area (Å²) in [7, 11) is 1.53. The van der Waals surface area contributed by atoms with Crippen LogP contribution in [0.3, 0.4) is 0 Å². The number of aromatic hydroxyl groups is 1. The summed E-state index contributed by atoms with van der Waals surface area (Å²) in [5.74, 6) is 0.468. The molecule has 5 heteroatoms. The molecule has 18 heavy (non-hydrogen) atoms. The van der Waals surface area contributed by atoms with Crippen molar-refractivity contribution in [1.82, 2.24) is 5.32 Å². The van der Waals surface area contributed by atoms with Gasteiger partial charge >= 0.3 is 0 Å². The third-order valence-corrected chi connectivity index (χ3v) is 3.09. The molecule has 98 valence electrons. The maximum Gasteiger partial charge on any atom is 0.241 e. The van der Waals surface area contributed by atoms with E-state index in [1.807, 2.05) is 0 Å². The third-order valence-electron chi connectivity index (χ3n) is 3.09. The first kappa shape index (κ1) is 12.7. The number of piperidine rings is 1. The lowest BCUT2D eigenvalue weighted by molar-refractivity contribution is -0.118. The van der Waals surface area contributed by atoms with Crippen molar-refractivity contribution in [3.63, 3.8) is 0 Å². The molecule has 3 N–H and O–H groups in total. The maximum atomic E-state index is 12.0. The Morgan fingerprint density at radius 1 is 1.50 bits per heavy atom. The molecule has 1 amide bonds. The number of phenols is 1. The summed E-state index contributed by atoms with van der Waals surface area (Å²) in [6.07, 6.45) is 3.00. The predicted octanol–water partition coefficient (Wildman–Crippen LogP) is 1.48. The second-order valence-electron chi connectivity index (χ2n) is 4.37. The summed E-state index contributed by atoms with van der Waals surface area (Å²) in [5.41, 5.74) is 0.410. The zero-order valence-electron chi connectivity index (χ0n) is 10.4. The van der Waals surface area contributed by atoms with Crippen molar-refractivity contribution in [2.24, 2.45) is 0 Å². The Labute approximate surface area is 106 Å². The Kier molecular flexibility index (Phi) is 4.04. The fourth-order valence-electron chi connectivity index (χ4n) is 2.04. The summed E-state index contributed by atoms with van der Waals surface area (Å²) >= 11 is 0. The summed E-state index contributed by atoms with van der Waals surface area (Å²) in [6, 6.07) is 4.64. The van der Waals surface area contributed by atoms with Crippen LogP contribution in [0.5, 0.6) is 11.5 Å². The number of carbonyl (C=O) groups excluding carboxylic acids is 1. The highest BCUT2D eigenvalue weighted by Gasteiger charge is 2.21. The Morgan fingerprint density at radius 2 is 2.33 bits per heavy atom. The monoisotopic (exact) mass is 250 g/mol. The molecular weight excluding hydrogens is 232 g/mol. The molecule has 2 rings (SSSR count). The molecule has 0 saturated carbocycles. The quantitative estimate of drug-likeness (QED) is 0.711. The number of nitrogens with one attached hydrogen (secondary N) is 2.